The van der Waals surface area contributed by atoms with Crippen LogP contribution in [-0.4, -0.2) is 54.9 Å². The number of carboxylic acids is 1. The van der Waals surface area contributed by atoms with Crippen molar-refractivity contribution in [1.29, 1.82) is 0 Å². The molecule has 5 heteroatoms. The van der Waals surface area contributed by atoms with Crippen molar-refractivity contribution in [2.45, 2.75) is 13.3 Å². The van der Waals surface area contributed by atoms with E-state index in [4.69, 9.17) is 5.11 Å². The molecule has 0 spiro atoms. The molecule has 5 nitrogen and oxygen atoms in total. The van der Waals surface area contributed by atoms with Crippen molar-refractivity contribution in [2.24, 2.45) is 0 Å². The van der Waals surface area contributed by atoms with Gasteiger partial charge in [0, 0.05) is 33.1 Å². The molecular weight excluding hydrogens is 196 g/mol. The van der Waals surface area contributed by atoms with Crippen molar-refractivity contribution in [1.82, 2.24) is 9.80 Å². The molecule has 1 N–H and O–H groups in total. The Hall–Kier alpha value is -1.23. The van der Waals surface area contributed by atoms with Gasteiger partial charge in [-0.15, -0.1) is 0 Å². The number of ether oxygens (including phenoxy) is 1. The molecule has 1 aliphatic heterocycles. The van der Waals surface area contributed by atoms with Gasteiger partial charge in [0.25, 0.3) is 0 Å². The highest BCUT2D eigenvalue weighted by atomic mass is 16.5. The summed E-state index contributed by atoms with van der Waals surface area (Å²) < 4.78 is 4.20. The fraction of sp³-hybridized carbons (Fsp3) is 0.700. The van der Waals surface area contributed by atoms with Gasteiger partial charge in [-0.25, -0.2) is 4.79 Å². The lowest BCUT2D eigenvalue weighted by molar-refractivity contribution is -0.141. The molecule has 0 aromatic heterocycles. The fourth-order valence-electron chi connectivity index (χ4n) is 1.14. The molecule has 1 aliphatic rings. The Bertz CT molecular complexity index is 207. The van der Waals surface area contributed by atoms with Gasteiger partial charge >= 0.3 is 5.97 Å². The maximum absolute atomic E-state index is 9.47. The molecule has 0 amide bonds. The van der Waals surface area contributed by atoms with Gasteiger partial charge in [-0.2, -0.15) is 0 Å². The van der Waals surface area contributed by atoms with E-state index in [9.17, 15) is 4.79 Å². The number of methoxy groups -OCH3 is 1. The summed E-state index contributed by atoms with van der Waals surface area (Å²) in [5, 5.41) is 7.79. The molecule has 1 heterocycles. The summed E-state index contributed by atoms with van der Waals surface area (Å²) in [7, 11) is 3.43. The van der Waals surface area contributed by atoms with Crippen molar-refractivity contribution in [3.8, 4) is 0 Å². The predicted molar refractivity (Wildman–Crippen MR) is 58.3 cm³/mol. The Labute approximate surface area is 90.9 Å². The lowest BCUT2D eigenvalue weighted by atomic mass is 10.4. The first-order valence-electron chi connectivity index (χ1n) is 4.93. The smallest absolute Gasteiger partial charge is 0.329 e. The molecule has 0 unspecified atom stereocenters. The highest BCUT2D eigenvalue weighted by Crippen LogP contribution is 2.02. The summed E-state index contributed by atoms with van der Waals surface area (Å²) in [6.07, 6.45) is 5.48. The van der Waals surface area contributed by atoms with E-state index < -0.39 is 5.97 Å². The van der Waals surface area contributed by atoms with E-state index >= 15 is 0 Å². The minimum Gasteiger partial charge on any atom is -0.480 e. The van der Waals surface area contributed by atoms with Crippen LogP contribution in [0.5, 0.6) is 0 Å². The van der Waals surface area contributed by atoms with Crippen LogP contribution in [0.1, 0.15) is 13.3 Å². The largest absolute Gasteiger partial charge is 0.480 e. The van der Waals surface area contributed by atoms with Gasteiger partial charge in [-0.3, -0.25) is 0 Å². The van der Waals surface area contributed by atoms with Crippen LogP contribution >= 0.6 is 0 Å². The number of rotatable bonds is 4. The van der Waals surface area contributed by atoms with E-state index in [-0.39, 0.29) is 6.61 Å². The standard InChI is InChI=1S/C7H14N2.C3H6O3/c1-3-4-9-6-5-8(2)7-9;1-6-2-3(4)5/h5-6H,3-4,7H2,1-2H3;2H2,1H3,(H,4,5). The van der Waals surface area contributed by atoms with Gasteiger partial charge in [0.1, 0.15) is 6.61 Å². The van der Waals surface area contributed by atoms with E-state index in [0.29, 0.717) is 0 Å². The normalized spacial score (nSPS) is 13.8. The molecule has 0 aliphatic carbocycles. The summed E-state index contributed by atoms with van der Waals surface area (Å²) in [4.78, 5) is 14.0. The molecule has 15 heavy (non-hydrogen) atoms. The van der Waals surface area contributed by atoms with Crippen LogP contribution in [0.25, 0.3) is 0 Å². The number of carbonyl (C=O) groups is 1. The molecule has 0 radical (unpaired) electrons. The second-order valence-corrected chi connectivity index (χ2v) is 3.34. The lowest BCUT2D eigenvalue weighted by Gasteiger charge is -2.16. The highest BCUT2D eigenvalue weighted by molar-refractivity contribution is 5.67. The molecule has 0 bridgehead atoms. The molecule has 0 saturated carbocycles. The molecular formula is C10H20N2O3. The average Bonchev–Trinajstić information content (AvgIpc) is 2.53. The number of carboxylic acid groups (broad SMARTS) is 1. The number of nitrogens with zero attached hydrogens (tertiary/aromatic N) is 2. The average molecular weight is 216 g/mol. The topological polar surface area (TPSA) is 53.0 Å². The molecule has 0 saturated heterocycles. The van der Waals surface area contributed by atoms with Gasteiger partial charge < -0.3 is 19.6 Å². The zero-order valence-electron chi connectivity index (χ0n) is 9.64. The van der Waals surface area contributed by atoms with Gasteiger partial charge in [-0.1, -0.05) is 6.92 Å². The highest BCUT2D eigenvalue weighted by Gasteiger charge is 2.04. The second-order valence-electron chi connectivity index (χ2n) is 3.34. The van der Waals surface area contributed by atoms with Crippen LogP contribution in [-0.2, 0) is 9.53 Å². The number of aliphatic carboxylic acids is 1. The third-order valence-corrected chi connectivity index (χ3v) is 1.72. The van der Waals surface area contributed by atoms with Crippen molar-refractivity contribution in [3.63, 3.8) is 0 Å². The van der Waals surface area contributed by atoms with Crippen molar-refractivity contribution in [2.75, 3.05) is 34.0 Å². The predicted octanol–water partition coefficient (Wildman–Crippen LogP) is 0.790. The minimum atomic E-state index is -0.933. The minimum absolute atomic E-state index is 0.208. The van der Waals surface area contributed by atoms with Crippen LogP contribution in [0.4, 0.5) is 0 Å². The van der Waals surface area contributed by atoms with Crippen molar-refractivity contribution in [3.05, 3.63) is 12.4 Å². The van der Waals surface area contributed by atoms with Crippen molar-refractivity contribution < 1.29 is 14.6 Å². The second kappa shape index (κ2) is 8.11. The zero-order chi connectivity index (χ0) is 11.7. The monoisotopic (exact) mass is 216 g/mol. The van der Waals surface area contributed by atoms with Crippen LogP contribution < -0.4 is 0 Å². The first kappa shape index (κ1) is 13.8. The zero-order valence-corrected chi connectivity index (χ0v) is 9.64. The Morgan fingerprint density at radius 3 is 2.47 bits per heavy atom. The summed E-state index contributed by atoms with van der Waals surface area (Å²) in [5.41, 5.74) is 0. The fourth-order valence-corrected chi connectivity index (χ4v) is 1.14. The van der Waals surface area contributed by atoms with Crippen LogP contribution in [0, 0.1) is 0 Å². The van der Waals surface area contributed by atoms with Crippen LogP contribution in [0.2, 0.25) is 0 Å². The van der Waals surface area contributed by atoms with Gasteiger partial charge in [-0.05, 0) is 6.42 Å². The van der Waals surface area contributed by atoms with Gasteiger partial charge in [0.2, 0.25) is 0 Å². The third kappa shape index (κ3) is 7.81. The first-order valence-corrected chi connectivity index (χ1v) is 4.93. The summed E-state index contributed by atoms with van der Waals surface area (Å²) in [6.45, 7) is 4.24. The molecule has 88 valence electrons. The molecule has 1 rings (SSSR count). The molecule has 0 aromatic carbocycles. The maximum atomic E-state index is 9.47. The van der Waals surface area contributed by atoms with E-state index in [0.717, 1.165) is 6.67 Å². The summed E-state index contributed by atoms with van der Waals surface area (Å²) >= 11 is 0. The maximum Gasteiger partial charge on any atom is 0.329 e. The van der Waals surface area contributed by atoms with E-state index in [1.807, 2.05) is 0 Å². The first-order chi connectivity index (χ1) is 7.10. The number of hydrogen-bond acceptors (Lipinski definition) is 4. The Kier molecular flexibility index (Phi) is 7.44. The van der Waals surface area contributed by atoms with Gasteiger partial charge in [0.05, 0.1) is 6.67 Å². The van der Waals surface area contributed by atoms with E-state index in [1.54, 1.807) is 0 Å². The lowest BCUT2D eigenvalue weighted by Crippen LogP contribution is -2.22. The third-order valence-electron chi connectivity index (χ3n) is 1.72. The van der Waals surface area contributed by atoms with Crippen molar-refractivity contribution >= 4 is 5.97 Å². The summed E-state index contributed by atoms with van der Waals surface area (Å²) in [6, 6.07) is 0. The Morgan fingerprint density at radius 1 is 1.53 bits per heavy atom. The SMILES string of the molecule is CCCN1C=CN(C)C1.COCC(=O)O. The quantitative estimate of drug-likeness (QED) is 0.753. The van der Waals surface area contributed by atoms with Crippen LogP contribution in [0.3, 0.4) is 0 Å². The molecule has 0 atom stereocenters. The molecule has 0 aromatic rings. The van der Waals surface area contributed by atoms with E-state index in [1.165, 1.54) is 20.1 Å². The summed E-state index contributed by atoms with van der Waals surface area (Å²) in [5.74, 6) is -0.933. The van der Waals surface area contributed by atoms with Crippen LogP contribution in [0.15, 0.2) is 12.4 Å². The Morgan fingerprint density at radius 2 is 2.20 bits per heavy atom. The Balaban J connectivity index is 0.000000288. The van der Waals surface area contributed by atoms with Gasteiger partial charge in [0.15, 0.2) is 0 Å². The number of hydrogen-bond donors (Lipinski definition) is 1. The van der Waals surface area contributed by atoms with E-state index in [2.05, 4.69) is 40.9 Å². The molecule has 0 fully saturated rings.